The lowest BCUT2D eigenvalue weighted by atomic mass is 9.94. The van der Waals surface area contributed by atoms with Gasteiger partial charge < -0.3 is 28.4 Å². The molecule has 0 amide bonds. The predicted octanol–water partition coefficient (Wildman–Crippen LogP) is 1.66. The van der Waals surface area contributed by atoms with Crippen molar-refractivity contribution in [2.75, 3.05) is 67.1 Å². The van der Waals surface area contributed by atoms with Crippen molar-refractivity contribution in [1.29, 1.82) is 0 Å². The molecule has 132 valence electrons. The predicted molar refractivity (Wildman–Crippen MR) is 83.3 cm³/mol. The zero-order valence-electron chi connectivity index (χ0n) is 14.1. The van der Waals surface area contributed by atoms with E-state index < -0.39 is 0 Å². The topological polar surface area (TPSA) is 55.4 Å². The third-order valence-corrected chi connectivity index (χ3v) is 3.62. The van der Waals surface area contributed by atoms with Gasteiger partial charge in [-0.05, 0) is 12.8 Å². The highest BCUT2D eigenvalue weighted by atomic mass is 16.6. The summed E-state index contributed by atoms with van der Waals surface area (Å²) in [5.74, 6) is 0. The molecule has 22 heavy (non-hydrogen) atoms. The molecule has 0 spiro atoms. The summed E-state index contributed by atoms with van der Waals surface area (Å²) < 4.78 is 32.5. The van der Waals surface area contributed by atoms with Crippen LogP contribution in [0.3, 0.4) is 0 Å². The molecule has 0 aromatic heterocycles. The van der Waals surface area contributed by atoms with E-state index in [9.17, 15) is 0 Å². The Bertz CT molecular complexity index is 215. The van der Waals surface area contributed by atoms with Crippen molar-refractivity contribution in [3.63, 3.8) is 0 Å². The lowest BCUT2D eigenvalue weighted by molar-refractivity contribution is -0.111. The number of hydrogen-bond acceptors (Lipinski definition) is 6. The monoisotopic (exact) mass is 320 g/mol. The number of ether oxygens (including phenoxy) is 6. The number of rotatable bonds is 14. The van der Waals surface area contributed by atoms with Gasteiger partial charge in [-0.1, -0.05) is 12.8 Å². The van der Waals surface area contributed by atoms with Gasteiger partial charge in [0.1, 0.15) is 0 Å². The lowest BCUT2D eigenvalue weighted by Crippen LogP contribution is -2.36. The van der Waals surface area contributed by atoms with Crippen LogP contribution in [0.1, 0.15) is 25.7 Å². The summed E-state index contributed by atoms with van der Waals surface area (Å²) in [6.07, 6.45) is 4.90. The zero-order chi connectivity index (χ0) is 15.9. The third-order valence-electron chi connectivity index (χ3n) is 3.62. The van der Waals surface area contributed by atoms with Gasteiger partial charge in [-0.15, -0.1) is 0 Å². The van der Waals surface area contributed by atoms with Gasteiger partial charge in [0.25, 0.3) is 0 Å². The molecule has 1 fully saturated rings. The molecule has 1 aliphatic carbocycles. The average molecular weight is 320 g/mol. The molecule has 6 heteroatoms. The van der Waals surface area contributed by atoms with Crippen molar-refractivity contribution in [3.8, 4) is 0 Å². The van der Waals surface area contributed by atoms with E-state index in [1.165, 1.54) is 12.8 Å². The molecule has 0 aliphatic heterocycles. The van der Waals surface area contributed by atoms with Crippen LogP contribution in [0.5, 0.6) is 0 Å². The third kappa shape index (κ3) is 9.71. The minimum absolute atomic E-state index is 0.179. The molecule has 0 unspecified atom stereocenters. The Morgan fingerprint density at radius 1 is 0.591 bits per heavy atom. The molecule has 1 saturated carbocycles. The molecule has 6 nitrogen and oxygen atoms in total. The molecule has 1 aliphatic rings. The van der Waals surface area contributed by atoms with Crippen LogP contribution in [0.2, 0.25) is 0 Å². The first kappa shape index (κ1) is 19.8. The van der Waals surface area contributed by atoms with Gasteiger partial charge in [0, 0.05) is 14.2 Å². The molecule has 0 aromatic carbocycles. The molecule has 1 rings (SSSR count). The Kier molecular flexibility index (Phi) is 12.9. The van der Waals surface area contributed by atoms with Crippen molar-refractivity contribution >= 4 is 0 Å². The molecular weight excluding hydrogens is 288 g/mol. The van der Waals surface area contributed by atoms with Gasteiger partial charge in [-0.3, -0.25) is 0 Å². The fraction of sp³-hybridized carbons (Fsp3) is 1.00. The van der Waals surface area contributed by atoms with Gasteiger partial charge in [-0.25, -0.2) is 0 Å². The van der Waals surface area contributed by atoms with E-state index >= 15 is 0 Å². The quantitative estimate of drug-likeness (QED) is 0.454. The standard InChI is InChI=1S/C16H32O6/c1-17-7-9-19-11-13-21-15-5-3-4-6-16(15)22-14-12-20-10-8-18-2/h15-16H,3-14H2,1-2H3/t15-,16-/m1/s1. The van der Waals surface area contributed by atoms with Gasteiger partial charge in [0.15, 0.2) is 0 Å². The van der Waals surface area contributed by atoms with E-state index in [0.717, 1.165) is 12.8 Å². The van der Waals surface area contributed by atoms with E-state index in [-0.39, 0.29) is 12.2 Å². The summed E-state index contributed by atoms with van der Waals surface area (Å²) >= 11 is 0. The van der Waals surface area contributed by atoms with E-state index in [1.54, 1.807) is 14.2 Å². The Morgan fingerprint density at radius 2 is 1.00 bits per heavy atom. The van der Waals surface area contributed by atoms with Crippen molar-refractivity contribution < 1.29 is 28.4 Å². The van der Waals surface area contributed by atoms with Gasteiger partial charge in [0.05, 0.1) is 65.1 Å². The Hall–Kier alpha value is -0.240. The van der Waals surface area contributed by atoms with Crippen LogP contribution in [0.25, 0.3) is 0 Å². The molecular formula is C16H32O6. The van der Waals surface area contributed by atoms with Gasteiger partial charge in [-0.2, -0.15) is 0 Å². The second-order valence-corrected chi connectivity index (χ2v) is 5.31. The molecule has 0 aromatic rings. The minimum Gasteiger partial charge on any atom is -0.382 e. The Morgan fingerprint density at radius 3 is 1.41 bits per heavy atom. The Balaban J connectivity index is 2.06. The van der Waals surface area contributed by atoms with Crippen molar-refractivity contribution in [2.45, 2.75) is 37.9 Å². The lowest BCUT2D eigenvalue weighted by Gasteiger charge is -2.31. The molecule has 0 N–H and O–H groups in total. The van der Waals surface area contributed by atoms with E-state index in [4.69, 9.17) is 28.4 Å². The largest absolute Gasteiger partial charge is 0.382 e. The molecule has 0 saturated heterocycles. The second kappa shape index (κ2) is 14.4. The van der Waals surface area contributed by atoms with Crippen molar-refractivity contribution in [1.82, 2.24) is 0 Å². The molecule has 2 atom stereocenters. The van der Waals surface area contributed by atoms with Gasteiger partial charge >= 0.3 is 0 Å². The van der Waals surface area contributed by atoms with E-state index in [1.807, 2.05) is 0 Å². The summed E-state index contributed by atoms with van der Waals surface area (Å²) in [7, 11) is 3.34. The molecule has 0 heterocycles. The maximum Gasteiger partial charge on any atom is 0.0837 e. The van der Waals surface area contributed by atoms with Crippen LogP contribution in [0.4, 0.5) is 0 Å². The average Bonchev–Trinajstić information content (AvgIpc) is 2.55. The van der Waals surface area contributed by atoms with Crippen LogP contribution < -0.4 is 0 Å². The summed E-state index contributed by atoms with van der Waals surface area (Å²) in [5.41, 5.74) is 0. The summed E-state index contributed by atoms with van der Waals surface area (Å²) in [5, 5.41) is 0. The van der Waals surface area contributed by atoms with Crippen LogP contribution in [0, 0.1) is 0 Å². The van der Waals surface area contributed by atoms with Crippen LogP contribution >= 0.6 is 0 Å². The first-order valence-corrected chi connectivity index (χ1v) is 8.25. The second-order valence-electron chi connectivity index (χ2n) is 5.31. The highest BCUT2D eigenvalue weighted by Crippen LogP contribution is 2.23. The van der Waals surface area contributed by atoms with E-state index in [0.29, 0.717) is 52.9 Å². The fourth-order valence-electron chi connectivity index (χ4n) is 2.45. The highest BCUT2D eigenvalue weighted by molar-refractivity contribution is 4.76. The smallest absolute Gasteiger partial charge is 0.0837 e. The highest BCUT2D eigenvalue weighted by Gasteiger charge is 2.26. The summed E-state index contributed by atoms with van der Waals surface area (Å²) in [6.45, 7) is 4.90. The minimum atomic E-state index is 0.179. The SMILES string of the molecule is COCCOCCO[C@@H]1CCCC[C@H]1OCCOCCOC. The van der Waals surface area contributed by atoms with E-state index in [2.05, 4.69) is 0 Å². The summed E-state index contributed by atoms with van der Waals surface area (Å²) in [6, 6.07) is 0. The first-order chi connectivity index (χ1) is 10.9. The molecule has 0 radical (unpaired) electrons. The van der Waals surface area contributed by atoms with Crippen LogP contribution in [-0.2, 0) is 28.4 Å². The Labute approximate surface area is 134 Å². The van der Waals surface area contributed by atoms with Crippen molar-refractivity contribution in [2.24, 2.45) is 0 Å². The summed E-state index contributed by atoms with van der Waals surface area (Å²) in [4.78, 5) is 0. The number of hydrogen-bond donors (Lipinski definition) is 0. The number of methoxy groups -OCH3 is 2. The normalized spacial score (nSPS) is 22.1. The fourth-order valence-corrected chi connectivity index (χ4v) is 2.45. The molecule has 0 bridgehead atoms. The van der Waals surface area contributed by atoms with Crippen LogP contribution in [0.15, 0.2) is 0 Å². The van der Waals surface area contributed by atoms with Crippen LogP contribution in [-0.4, -0.2) is 79.3 Å². The maximum absolute atomic E-state index is 5.92. The first-order valence-electron chi connectivity index (χ1n) is 8.25. The van der Waals surface area contributed by atoms with Crippen molar-refractivity contribution in [3.05, 3.63) is 0 Å². The maximum atomic E-state index is 5.92. The zero-order valence-corrected chi connectivity index (χ0v) is 14.1. The van der Waals surface area contributed by atoms with Gasteiger partial charge in [0.2, 0.25) is 0 Å².